The molecule has 0 aromatic heterocycles. The molecule has 0 spiro atoms. The van der Waals surface area contributed by atoms with Gasteiger partial charge in [0.2, 0.25) is 10.0 Å². The Morgan fingerprint density at radius 1 is 1.15 bits per heavy atom. The molecule has 2 aromatic rings. The predicted molar refractivity (Wildman–Crippen MR) is 97.6 cm³/mol. The lowest BCUT2D eigenvalue weighted by molar-refractivity contribution is -0.119. The maximum Gasteiger partial charge on any atom is 0.338 e. The molecule has 0 saturated heterocycles. The molecule has 0 saturated carbocycles. The summed E-state index contributed by atoms with van der Waals surface area (Å²) in [7, 11) is -3.63. The first-order valence-corrected chi connectivity index (χ1v) is 9.61. The highest BCUT2D eigenvalue weighted by molar-refractivity contribution is 7.89. The molecule has 10 heteroatoms. The Labute approximate surface area is 160 Å². The second kappa shape index (κ2) is 8.94. The van der Waals surface area contributed by atoms with E-state index in [-0.39, 0.29) is 27.7 Å². The number of carbonyl (C=O) groups excluding carboxylic acids is 2. The summed E-state index contributed by atoms with van der Waals surface area (Å²) in [5, 5.41) is 2.39. The third kappa shape index (κ3) is 5.75. The second-order valence-electron chi connectivity index (χ2n) is 5.27. The predicted octanol–water partition coefficient (Wildman–Crippen LogP) is 2.57. The number of anilines is 1. The number of benzene rings is 2. The van der Waals surface area contributed by atoms with Crippen LogP contribution in [0.5, 0.6) is 0 Å². The van der Waals surface area contributed by atoms with E-state index in [2.05, 4.69) is 10.0 Å². The Balaban J connectivity index is 1.94. The molecule has 0 heterocycles. The fraction of sp³-hybridized carbons (Fsp3) is 0.176. The van der Waals surface area contributed by atoms with E-state index in [1.807, 2.05) is 0 Å². The highest BCUT2D eigenvalue weighted by Crippen LogP contribution is 2.22. The van der Waals surface area contributed by atoms with Crippen LogP contribution in [0.1, 0.15) is 17.3 Å². The first-order valence-electron chi connectivity index (χ1n) is 7.74. The average Bonchev–Trinajstić information content (AvgIpc) is 2.62. The van der Waals surface area contributed by atoms with Crippen LogP contribution in [-0.4, -0.2) is 33.4 Å². The number of sulfonamides is 1. The third-order valence-electron chi connectivity index (χ3n) is 3.27. The molecule has 0 fully saturated rings. The Morgan fingerprint density at radius 3 is 2.41 bits per heavy atom. The zero-order chi connectivity index (χ0) is 20.0. The summed E-state index contributed by atoms with van der Waals surface area (Å²) >= 11 is 5.79. The maximum absolute atomic E-state index is 13.0. The lowest BCUT2D eigenvalue weighted by Crippen LogP contribution is -2.23. The Kier molecular flexibility index (Phi) is 6.89. The lowest BCUT2D eigenvalue weighted by atomic mass is 10.2. The number of ether oxygens (including phenoxy) is 1. The van der Waals surface area contributed by atoms with Gasteiger partial charge < -0.3 is 10.1 Å². The van der Waals surface area contributed by atoms with E-state index in [0.717, 1.165) is 12.1 Å². The van der Waals surface area contributed by atoms with E-state index >= 15 is 0 Å². The maximum atomic E-state index is 13.0. The van der Waals surface area contributed by atoms with E-state index in [4.69, 9.17) is 16.3 Å². The summed E-state index contributed by atoms with van der Waals surface area (Å²) in [5.41, 5.74) is 0.259. The minimum Gasteiger partial charge on any atom is -0.452 e. The molecule has 0 unspecified atom stereocenters. The van der Waals surface area contributed by atoms with Gasteiger partial charge >= 0.3 is 5.97 Å². The van der Waals surface area contributed by atoms with E-state index < -0.39 is 34.3 Å². The summed E-state index contributed by atoms with van der Waals surface area (Å²) < 4.78 is 43.8. The second-order valence-corrected chi connectivity index (χ2v) is 7.45. The number of nitrogens with one attached hydrogen (secondary N) is 2. The largest absolute Gasteiger partial charge is 0.452 e. The van der Waals surface area contributed by atoms with Gasteiger partial charge in [0.25, 0.3) is 5.91 Å². The van der Waals surface area contributed by atoms with Crippen LogP contribution in [0, 0.1) is 5.82 Å². The molecule has 0 atom stereocenters. The van der Waals surface area contributed by atoms with Gasteiger partial charge in [0.15, 0.2) is 6.61 Å². The van der Waals surface area contributed by atoms with Crippen LogP contribution in [0.3, 0.4) is 0 Å². The summed E-state index contributed by atoms with van der Waals surface area (Å²) in [5.74, 6) is -2.02. The van der Waals surface area contributed by atoms with E-state index in [1.54, 1.807) is 6.92 Å². The molecule has 0 radical (unpaired) electrons. The third-order valence-corrected chi connectivity index (χ3v) is 5.15. The van der Waals surface area contributed by atoms with Gasteiger partial charge in [-0.2, -0.15) is 0 Å². The van der Waals surface area contributed by atoms with Crippen molar-refractivity contribution in [2.24, 2.45) is 0 Å². The molecular weight excluding hydrogens is 399 g/mol. The average molecular weight is 415 g/mol. The summed E-state index contributed by atoms with van der Waals surface area (Å²) in [6.07, 6.45) is 0. The Morgan fingerprint density at radius 2 is 1.81 bits per heavy atom. The van der Waals surface area contributed by atoms with Crippen molar-refractivity contribution in [1.82, 2.24) is 4.72 Å². The number of esters is 1. The Bertz CT molecular complexity index is 948. The minimum absolute atomic E-state index is 0.00425. The molecule has 0 aliphatic heterocycles. The van der Waals surface area contributed by atoms with Crippen molar-refractivity contribution in [2.75, 3.05) is 18.5 Å². The van der Waals surface area contributed by atoms with Crippen molar-refractivity contribution in [3.63, 3.8) is 0 Å². The van der Waals surface area contributed by atoms with Crippen LogP contribution in [0.15, 0.2) is 47.4 Å². The fourth-order valence-corrected chi connectivity index (χ4v) is 3.29. The van der Waals surface area contributed by atoms with Crippen molar-refractivity contribution in [3.8, 4) is 0 Å². The number of rotatable bonds is 7. The molecule has 0 bridgehead atoms. The zero-order valence-electron chi connectivity index (χ0n) is 14.2. The van der Waals surface area contributed by atoms with Gasteiger partial charge in [0.1, 0.15) is 5.82 Å². The van der Waals surface area contributed by atoms with Crippen LogP contribution < -0.4 is 10.0 Å². The summed E-state index contributed by atoms with van der Waals surface area (Å²) in [4.78, 5) is 23.8. The van der Waals surface area contributed by atoms with Gasteiger partial charge in [-0.1, -0.05) is 18.5 Å². The van der Waals surface area contributed by atoms with Gasteiger partial charge in [-0.15, -0.1) is 0 Å². The van der Waals surface area contributed by atoms with Gasteiger partial charge in [-0.25, -0.2) is 22.3 Å². The monoisotopic (exact) mass is 414 g/mol. The molecule has 0 aliphatic carbocycles. The molecule has 7 nitrogen and oxygen atoms in total. The Hall–Kier alpha value is -2.49. The molecule has 2 N–H and O–H groups in total. The van der Waals surface area contributed by atoms with Crippen molar-refractivity contribution in [1.29, 1.82) is 0 Å². The number of halogens is 2. The quantitative estimate of drug-likeness (QED) is 0.678. The van der Waals surface area contributed by atoms with Crippen LogP contribution >= 0.6 is 11.6 Å². The highest BCUT2D eigenvalue weighted by Gasteiger charge is 2.15. The summed E-state index contributed by atoms with van der Waals surface area (Å²) in [6.45, 7) is 1.29. The lowest BCUT2D eigenvalue weighted by Gasteiger charge is -2.09. The van der Waals surface area contributed by atoms with Crippen LogP contribution in [-0.2, 0) is 19.6 Å². The van der Waals surface area contributed by atoms with Gasteiger partial charge in [0, 0.05) is 6.54 Å². The van der Waals surface area contributed by atoms with Gasteiger partial charge in [0.05, 0.1) is 21.2 Å². The first kappa shape index (κ1) is 20.8. The number of hydrogen-bond donors (Lipinski definition) is 2. The van der Waals surface area contributed by atoms with Crippen molar-refractivity contribution >= 4 is 39.2 Å². The van der Waals surface area contributed by atoms with E-state index in [9.17, 15) is 22.4 Å². The minimum atomic E-state index is -3.63. The molecule has 0 aliphatic rings. The molecular formula is C17H16ClFN2O5S. The van der Waals surface area contributed by atoms with Crippen LogP contribution in [0.4, 0.5) is 10.1 Å². The standard InChI is InChI=1S/C17H16ClFN2O5S/c1-2-20-27(24,25)13-6-3-11(4-7-13)17(23)26-10-16(22)21-15-8-5-12(19)9-14(15)18/h3-9,20H,2,10H2,1H3,(H,21,22). The molecule has 1 amide bonds. The van der Waals surface area contributed by atoms with Gasteiger partial charge in [-0.05, 0) is 42.5 Å². The van der Waals surface area contributed by atoms with Crippen LogP contribution in [0.25, 0.3) is 0 Å². The number of carbonyl (C=O) groups is 2. The summed E-state index contributed by atoms with van der Waals surface area (Å²) in [6, 6.07) is 8.51. The van der Waals surface area contributed by atoms with E-state index in [0.29, 0.717) is 0 Å². The SMILES string of the molecule is CCNS(=O)(=O)c1ccc(C(=O)OCC(=O)Nc2ccc(F)cc2Cl)cc1. The molecule has 27 heavy (non-hydrogen) atoms. The van der Waals surface area contributed by atoms with Crippen molar-refractivity contribution in [3.05, 3.63) is 58.9 Å². The highest BCUT2D eigenvalue weighted by atomic mass is 35.5. The smallest absolute Gasteiger partial charge is 0.338 e. The first-order chi connectivity index (χ1) is 12.7. The number of hydrogen-bond acceptors (Lipinski definition) is 5. The fourth-order valence-electron chi connectivity index (χ4n) is 2.04. The molecule has 2 aromatic carbocycles. The normalized spacial score (nSPS) is 11.1. The van der Waals surface area contributed by atoms with Crippen molar-refractivity contribution in [2.45, 2.75) is 11.8 Å². The van der Waals surface area contributed by atoms with Gasteiger partial charge in [-0.3, -0.25) is 4.79 Å². The zero-order valence-corrected chi connectivity index (χ0v) is 15.7. The number of amides is 1. The topological polar surface area (TPSA) is 102 Å². The van der Waals surface area contributed by atoms with Crippen LogP contribution in [0.2, 0.25) is 5.02 Å². The van der Waals surface area contributed by atoms with Crippen molar-refractivity contribution < 1.29 is 27.1 Å². The molecule has 2 rings (SSSR count). The molecule has 144 valence electrons. The van der Waals surface area contributed by atoms with E-state index in [1.165, 1.54) is 30.3 Å².